The number of carbonyl (C=O) groups excluding carboxylic acids is 2. The van der Waals surface area contributed by atoms with Crippen molar-refractivity contribution in [2.75, 3.05) is 27.2 Å². The number of hydrogen-bond donors (Lipinski definition) is 1. The minimum atomic E-state index is -0.578. The van der Waals surface area contributed by atoms with Gasteiger partial charge in [-0.2, -0.15) is 0 Å². The highest BCUT2D eigenvalue weighted by atomic mass is 16.6. The van der Waals surface area contributed by atoms with Crippen molar-refractivity contribution in [3.63, 3.8) is 0 Å². The SMILES string of the molecule is CC.CN(C)C(=O)Oc1ccc2c(c1)CCN(C(=O)OC(C)(C)C)C2CCO. The lowest BCUT2D eigenvalue weighted by molar-refractivity contribution is 0.0116. The van der Waals surface area contributed by atoms with Crippen LogP contribution < -0.4 is 4.74 Å². The van der Waals surface area contributed by atoms with Crippen molar-refractivity contribution in [1.82, 2.24) is 9.80 Å². The maximum Gasteiger partial charge on any atom is 0.414 e. The van der Waals surface area contributed by atoms with Gasteiger partial charge in [0.2, 0.25) is 0 Å². The molecule has 7 heteroatoms. The standard InChI is InChI=1S/C19H28N2O5.C2H6/c1-19(2,3)26-18(24)21-10-8-13-12-14(25-17(23)20(4)5)6-7-15(13)16(21)9-11-22;1-2/h6-7,12,16,22H,8-11H2,1-5H3;1-2H3. The Kier molecular flexibility index (Phi) is 8.75. The van der Waals surface area contributed by atoms with Crippen molar-refractivity contribution in [1.29, 1.82) is 0 Å². The molecule has 1 aromatic carbocycles. The zero-order chi connectivity index (χ0) is 21.5. The van der Waals surface area contributed by atoms with Crippen LogP contribution in [-0.2, 0) is 11.2 Å². The zero-order valence-electron chi connectivity index (χ0n) is 18.1. The normalized spacial score (nSPS) is 15.7. The van der Waals surface area contributed by atoms with Gasteiger partial charge in [-0.1, -0.05) is 19.9 Å². The lowest BCUT2D eigenvalue weighted by atomic mass is 9.91. The second kappa shape index (κ2) is 10.3. The fraction of sp³-hybridized carbons (Fsp3) is 0.619. The average Bonchev–Trinajstić information content (AvgIpc) is 2.62. The van der Waals surface area contributed by atoms with Crippen molar-refractivity contribution >= 4 is 12.2 Å². The fourth-order valence-electron chi connectivity index (χ4n) is 2.92. The topological polar surface area (TPSA) is 79.3 Å². The van der Waals surface area contributed by atoms with E-state index in [0.29, 0.717) is 25.1 Å². The van der Waals surface area contributed by atoms with E-state index in [9.17, 15) is 14.7 Å². The van der Waals surface area contributed by atoms with Gasteiger partial charge in [-0.3, -0.25) is 0 Å². The van der Waals surface area contributed by atoms with Gasteiger partial charge in [-0.15, -0.1) is 0 Å². The Morgan fingerprint density at radius 3 is 2.43 bits per heavy atom. The number of rotatable bonds is 3. The maximum atomic E-state index is 12.5. The summed E-state index contributed by atoms with van der Waals surface area (Å²) < 4.78 is 10.8. The average molecular weight is 395 g/mol. The van der Waals surface area contributed by atoms with E-state index in [1.54, 1.807) is 25.1 Å². The van der Waals surface area contributed by atoms with Crippen LogP contribution >= 0.6 is 0 Å². The van der Waals surface area contributed by atoms with Crippen molar-refractivity contribution in [2.24, 2.45) is 0 Å². The zero-order valence-corrected chi connectivity index (χ0v) is 18.1. The summed E-state index contributed by atoms with van der Waals surface area (Å²) in [5.41, 5.74) is 1.37. The molecule has 1 heterocycles. The van der Waals surface area contributed by atoms with Crippen LogP contribution in [0.2, 0.25) is 0 Å². The molecular formula is C21H34N2O5. The van der Waals surface area contributed by atoms with Crippen molar-refractivity contribution in [3.05, 3.63) is 29.3 Å². The summed E-state index contributed by atoms with van der Waals surface area (Å²) in [5.74, 6) is 0.468. The first-order valence-corrected chi connectivity index (χ1v) is 9.75. The minimum absolute atomic E-state index is 0.0409. The number of fused-ring (bicyclic) bond motifs is 1. The molecule has 0 aromatic heterocycles. The molecule has 1 aliphatic heterocycles. The molecule has 0 bridgehead atoms. The molecule has 0 aliphatic carbocycles. The number of aliphatic hydroxyl groups excluding tert-OH is 1. The molecular weight excluding hydrogens is 360 g/mol. The van der Waals surface area contributed by atoms with Crippen LogP contribution in [0, 0.1) is 0 Å². The summed E-state index contributed by atoms with van der Waals surface area (Å²) >= 11 is 0. The van der Waals surface area contributed by atoms with Gasteiger partial charge in [0, 0.05) is 27.2 Å². The highest BCUT2D eigenvalue weighted by Gasteiger charge is 2.33. The van der Waals surface area contributed by atoms with E-state index in [1.165, 1.54) is 4.90 Å². The van der Waals surface area contributed by atoms with E-state index in [-0.39, 0.29) is 18.7 Å². The van der Waals surface area contributed by atoms with Gasteiger partial charge in [0.1, 0.15) is 11.4 Å². The van der Waals surface area contributed by atoms with Crippen LogP contribution in [0.5, 0.6) is 5.75 Å². The van der Waals surface area contributed by atoms with Gasteiger partial charge in [0.05, 0.1) is 6.04 Å². The van der Waals surface area contributed by atoms with Gasteiger partial charge in [0.15, 0.2) is 0 Å². The van der Waals surface area contributed by atoms with E-state index >= 15 is 0 Å². The van der Waals surface area contributed by atoms with Crippen molar-refractivity contribution < 1.29 is 24.2 Å². The summed E-state index contributed by atoms with van der Waals surface area (Å²) in [5, 5.41) is 9.46. The largest absolute Gasteiger partial charge is 0.444 e. The first-order valence-electron chi connectivity index (χ1n) is 9.75. The van der Waals surface area contributed by atoms with Gasteiger partial charge >= 0.3 is 12.2 Å². The Labute approximate surface area is 168 Å². The van der Waals surface area contributed by atoms with Gasteiger partial charge in [-0.05, 0) is 56.9 Å². The summed E-state index contributed by atoms with van der Waals surface area (Å²) in [4.78, 5) is 27.3. The molecule has 0 radical (unpaired) electrons. The van der Waals surface area contributed by atoms with Crippen LogP contribution in [-0.4, -0.2) is 59.9 Å². The molecule has 0 fully saturated rings. The van der Waals surface area contributed by atoms with Crippen molar-refractivity contribution in [2.45, 2.75) is 59.1 Å². The Morgan fingerprint density at radius 1 is 1.25 bits per heavy atom. The molecule has 2 rings (SSSR count). The molecule has 0 spiro atoms. The van der Waals surface area contributed by atoms with E-state index in [2.05, 4.69) is 0 Å². The van der Waals surface area contributed by atoms with Crippen LogP contribution in [0.15, 0.2) is 18.2 Å². The van der Waals surface area contributed by atoms with Gasteiger partial charge in [-0.25, -0.2) is 9.59 Å². The molecule has 1 unspecified atom stereocenters. The summed E-state index contributed by atoms with van der Waals surface area (Å²) in [7, 11) is 3.24. The third kappa shape index (κ3) is 6.41. The molecule has 158 valence electrons. The number of amides is 2. The second-order valence-electron chi connectivity index (χ2n) is 7.57. The summed E-state index contributed by atoms with van der Waals surface area (Å²) in [6, 6.07) is 5.12. The first-order chi connectivity index (χ1) is 13.1. The number of hydrogen-bond acceptors (Lipinski definition) is 5. The van der Waals surface area contributed by atoms with Crippen molar-refractivity contribution in [3.8, 4) is 5.75 Å². The predicted molar refractivity (Wildman–Crippen MR) is 109 cm³/mol. The highest BCUT2D eigenvalue weighted by molar-refractivity contribution is 5.71. The quantitative estimate of drug-likeness (QED) is 0.838. The number of aliphatic hydroxyl groups is 1. The minimum Gasteiger partial charge on any atom is -0.444 e. The summed E-state index contributed by atoms with van der Waals surface area (Å²) in [6.45, 7) is 9.93. The maximum absolute atomic E-state index is 12.5. The van der Waals surface area contributed by atoms with Crippen LogP contribution in [0.4, 0.5) is 9.59 Å². The lowest BCUT2D eigenvalue weighted by Gasteiger charge is -2.38. The molecule has 1 aliphatic rings. The number of nitrogens with zero attached hydrogens (tertiary/aromatic N) is 2. The highest BCUT2D eigenvalue weighted by Crippen LogP contribution is 2.35. The Morgan fingerprint density at radius 2 is 1.89 bits per heavy atom. The molecule has 7 nitrogen and oxygen atoms in total. The molecule has 0 saturated carbocycles. The van der Waals surface area contributed by atoms with Crippen LogP contribution in [0.25, 0.3) is 0 Å². The number of benzene rings is 1. The number of carbonyl (C=O) groups is 2. The summed E-state index contributed by atoms with van der Waals surface area (Å²) in [6.07, 6.45) is 0.222. The van der Waals surface area contributed by atoms with Gasteiger partial charge in [0.25, 0.3) is 0 Å². The van der Waals surface area contributed by atoms with E-state index in [4.69, 9.17) is 9.47 Å². The molecule has 2 amide bonds. The molecule has 1 N–H and O–H groups in total. The Hall–Kier alpha value is -2.28. The van der Waals surface area contributed by atoms with E-state index < -0.39 is 11.7 Å². The third-order valence-corrected chi connectivity index (χ3v) is 4.07. The smallest absolute Gasteiger partial charge is 0.414 e. The van der Waals surface area contributed by atoms with E-state index in [1.807, 2.05) is 46.8 Å². The third-order valence-electron chi connectivity index (χ3n) is 4.07. The predicted octanol–water partition coefficient (Wildman–Crippen LogP) is 3.99. The van der Waals surface area contributed by atoms with Crippen LogP contribution in [0.1, 0.15) is 58.2 Å². The molecule has 0 saturated heterocycles. The monoisotopic (exact) mass is 394 g/mol. The van der Waals surface area contributed by atoms with Gasteiger partial charge < -0.3 is 24.4 Å². The fourth-order valence-corrected chi connectivity index (χ4v) is 2.92. The molecule has 1 atom stereocenters. The van der Waals surface area contributed by atoms with E-state index in [0.717, 1.165) is 11.1 Å². The second-order valence-corrected chi connectivity index (χ2v) is 7.57. The lowest BCUT2D eigenvalue weighted by Crippen LogP contribution is -2.43. The molecule has 28 heavy (non-hydrogen) atoms. The molecule has 1 aromatic rings. The number of ether oxygens (including phenoxy) is 2. The first kappa shape index (κ1) is 23.8. The van der Waals surface area contributed by atoms with Crippen LogP contribution in [0.3, 0.4) is 0 Å². The Balaban J connectivity index is 0.00000190. The Bertz CT molecular complexity index is 667.